The summed E-state index contributed by atoms with van der Waals surface area (Å²) in [6, 6.07) is 32.3. The van der Waals surface area contributed by atoms with Gasteiger partial charge < -0.3 is 14.2 Å². The molecule has 0 bridgehead atoms. The lowest BCUT2D eigenvalue weighted by Gasteiger charge is -2.22. The smallest absolute Gasteiger partial charge is 0.118 e. The van der Waals surface area contributed by atoms with Gasteiger partial charge in [0.1, 0.15) is 17.2 Å². The largest absolute Gasteiger partial charge is 0.497 e. The van der Waals surface area contributed by atoms with E-state index in [1.54, 1.807) is 21.3 Å². The van der Waals surface area contributed by atoms with Crippen LogP contribution in [-0.4, -0.2) is 21.3 Å². The van der Waals surface area contributed by atoms with E-state index in [0.29, 0.717) is 0 Å². The first-order valence-corrected chi connectivity index (χ1v) is 12.5. The first-order valence-electron chi connectivity index (χ1n) is 12.5. The maximum Gasteiger partial charge on any atom is 0.118 e. The van der Waals surface area contributed by atoms with Gasteiger partial charge in [0.05, 0.1) is 21.3 Å². The Kier molecular flexibility index (Phi) is 8.00. The molecule has 3 atom stereocenters. The Balaban J connectivity index is 1.75. The molecule has 0 heterocycles. The zero-order valence-electron chi connectivity index (χ0n) is 22.1. The predicted octanol–water partition coefficient (Wildman–Crippen LogP) is 8.17. The molecular weight excluding hydrogens is 444 g/mol. The Morgan fingerprint density at radius 2 is 0.583 bits per heavy atom. The second-order valence-electron chi connectivity index (χ2n) is 9.42. The SMILES string of the molecule is COc1ccc(C(C)c2cc(C(C)c3ccc(OC)cc3)cc(C(C)c3ccc(OC)cc3)c2)cc1. The Morgan fingerprint density at radius 3 is 0.778 bits per heavy atom. The lowest BCUT2D eigenvalue weighted by molar-refractivity contribution is 0.414. The zero-order valence-corrected chi connectivity index (χ0v) is 22.1. The Hall–Kier alpha value is -3.72. The topological polar surface area (TPSA) is 27.7 Å². The molecule has 3 nitrogen and oxygen atoms in total. The second-order valence-corrected chi connectivity index (χ2v) is 9.42. The molecule has 0 saturated heterocycles. The number of hydrogen-bond acceptors (Lipinski definition) is 3. The molecule has 0 aliphatic rings. The van der Waals surface area contributed by atoms with Crippen molar-refractivity contribution in [3.63, 3.8) is 0 Å². The second kappa shape index (κ2) is 11.3. The van der Waals surface area contributed by atoms with Crippen molar-refractivity contribution in [2.45, 2.75) is 38.5 Å². The molecule has 4 aromatic carbocycles. The van der Waals surface area contributed by atoms with E-state index in [-0.39, 0.29) is 17.8 Å². The highest BCUT2D eigenvalue weighted by Gasteiger charge is 2.18. The summed E-state index contributed by atoms with van der Waals surface area (Å²) in [7, 11) is 5.11. The van der Waals surface area contributed by atoms with Gasteiger partial charge in [0.25, 0.3) is 0 Å². The van der Waals surface area contributed by atoms with Gasteiger partial charge in [0.2, 0.25) is 0 Å². The summed E-state index contributed by atoms with van der Waals surface area (Å²) in [5, 5.41) is 0. The monoisotopic (exact) mass is 480 g/mol. The van der Waals surface area contributed by atoms with Gasteiger partial charge in [0.15, 0.2) is 0 Å². The fourth-order valence-electron chi connectivity index (χ4n) is 4.71. The fourth-order valence-corrected chi connectivity index (χ4v) is 4.71. The van der Waals surface area contributed by atoms with Gasteiger partial charge >= 0.3 is 0 Å². The van der Waals surface area contributed by atoms with E-state index in [2.05, 4.69) is 75.4 Å². The van der Waals surface area contributed by atoms with E-state index in [4.69, 9.17) is 14.2 Å². The van der Waals surface area contributed by atoms with Gasteiger partial charge in [-0.1, -0.05) is 75.4 Å². The van der Waals surface area contributed by atoms with Gasteiger partial charge in [0, 0.05) is 17.8 Å². The van der Waals surface area contributed by atoms with Crippen molar-refractivity contribution >= 4 is 0 Å². The van der Waals surface area contributed by atoms with Crippen LogP contribution in [0.15, 0.2) is 91.0 Å². The average Bonchev–Trinajstić information content (AvgIpc) is 2.95. The van der Waals surface area contributed by atoms with E-state index in [0.717, 1.165) is 17.2 Å². The van der Waals surface area contributed by atoms with Crippen LogP contribution in [0.25, 0.3) is 0 Å². The summed E-state index contributed by atoms with van der Waals surface area (Å²) in [6.45, 7) is 6.84. The zero-order chi connectivity index (χ0) is 25.7. The van der Waals surface area contributed by atoms with Crippen molar-refractivity contribution in [1.82, 2.24) is 0 Å². The molecule has 0 aromatic heterocycles. The highest BCUT2D eigenvalue weighted by atomic mass is 16.5. The predicted molar refractivity (Wildman–Crippen MR) is 148 cm³/mol. The summed E-state index contributed by atoms with van der Waals surface area (Å²) in [5.41, 5.74) is 7.75. The van der Waals surface area contributed by atoms with Gasteiger partial charge in [-0.15, -0.1) is 0 Å². The lowest BCUT2D eigenvalue weighted by Crippen LogP contribution is -2.05. The molecule has 0 radical (unpaired) electrons. The minimum absolute atomic E-state index is 0.251. The molecule has 4 rings (SSSR count). The molecule has 3 unspecified atom stereocenters. The van der Waals surface area contributed by atoms with E-state index < -0.39 is 0 Å². The van der Waals surface area contributed by atoms with E-state index in [1.807, 2.05) is 36.4 Å². The average molecular weight is 481 g/mol. The van der Waals surface area contributed by atoms with Crippen molar-refractivity contribution in [1.29, 1.82) is 0 Å². The molecule has 4 aromatic rings. The first-order chi connectivity index (χ1) is 17.4. The van der Waals surface area contributed by atoms with Gasteiger partial charge in [-0.3, -0.25) is 0 Å². The van der Waals surface area contributed by atoms with Crippen LogP contribution < -0.4 is 14.2 Å². The molecule has 0 aliphatic heterocycles. The molecule has 0 saturated carbocycles. The van der Waals surface area contributed by atoms with Gasteiger partial charge in [-0.2, -0.15) is 0 Å². The number of ether oxygens (including phenoxy) is 3. The number of benzene rings is 4. The highest BCUT2D eigenvalue weighted by molar-refractivity contribution is 5.46. The summed E-state index contributed by atoms with van der Waals surface area (Å²) in [5.74, 6) is 3.38. The van der Waals surface area contributed by atoms with E-state index in [1.165, 1.54) is 33.4 Å². The van der Waals surface area contributed by atoms with Gasteiger partial charge in [-0.25, -0.2) is 0 Å². The number of rotatable bonds is 9. The minimum atomic E-state index is 0.251. The summed E-state index contributed by atoms with van der Waals surface area (Å²) in [6.07, 6.45) is 0. The number of hydrogen-bond donors (Lipinski definition) is 0. The van der Waals surface area contributed by atoms with Crippen LogP contribution in [0.3, 0.4) is 0 Å². The highest BCUT2D eigenvalue weighted by Crippen LogP contribution is 2.36. The Morgan fingerprint density at radius 1 is 0.361 bits per heavy atom. The van der Waals surface area contributed by atoms with E-state index >= 15 is 0 Å². The van der Waals surface area contributed by atoms with Crippen LogP contribution in [0.2, 0.25) is 0 Å². The molecule has 36 heavy (non-hydrogen) atoms. The third-order valence-corrected chi connectivity index (χ3v) is 7.35. The normalized spacial score (nSPS) is 13.5. The molecule has 0 aliphatic carbocycles. The standard InChI is InChI=1S/C33H36O3/c1-22(25-7-13-31(34-4)14-8-25)28-19-29(23(2)26-9-15-32(35-5)16-10-26)21-30(20-28)24(3)27-11-17-33(36-6)18-12-27/h7-24H,1-6H3. The molecule has 0 spiro atoms. The van der Waals surface area contributed by atoms with Crippen LogP contribution in [0.1, 0.15) is 71.9 Å². The van der Waals surface area contributed by atoms with Crippen molar-refractivity contribution in [2.24, 2.45) is 0 Å². The molecular formula is C33H36O3. The molecule has 0 N–H and O–H groups in total. The van der Waals surface area contributed by atoms with Crippen LogP contribution in [-0.2, 0) is 0 Å². The summed E-state index contributed by atoms with van der Waals surface area (Å²) < 4.78 is 16.1. The third kappa shape index (κ3) is 5.57. The maximum absolute atomic E-state index is 5.37. The Labute approximate surface area is 215 Å². The van der Waals surface area contributed by atoms with E-state index in [9.17, 15) is 0 Å². The summed E-state index contributed by atoms with van der Waals surface area (Å²) in [4.78, 5) is 0. The van der Waals surface area contributed by atoms with Crippen molar-refractivity contribution < 1.29 is 14.2 Å². The first kappa shape index (κ1) is 25.4. The minimum Gasteiger partial charge on any atom is -0.497 e. The lowest BCUT2D eigenvalue weighted by atomic mass is 9.82. The van der Waals surface area contributed by atoms with Crippen LogP contribution in [0.5, 0.6) is 17.2 Å². The van der Waals surface area contributed by atoms with Gasteiger partial charge in [-0.05, 0) is 69.8 Å². The van der Waals surface area contributed by atoms with Crippen LogP contribution in [0, 0.1) is 0 Å². The molecule has 0 amide bonds. The fraction of sp³-hybridized carbons (Fsp3) is 0.273. The molecule has 0 fully saturated rings. The third-order valence-electron chi connectivity index (χ3n) is 7.35. The maximum atomic E-state index is 5.37. The number of methoxy groups -OCH3 is 3. The van der Waals surface area contributed by atoms with Crippen molar-refractivity contribution in [3.05, 3.63) is 124 Å². The molecule has 186 valence electrons. The van der Waals surface area contributed by atoms with Crippen LogP contribution in [0.4, 0.5) is 0 Å². The molecule has 3 heteroatoms. The summed E-state index contributed by atoms with van der Waals surface area (Å²) >= 11 is 0. The Bertz CT molecular complexity index is 1090. The van der Waals surface area contributed by atoms with Crippen LogP contribution >= 0.6 is 0 Å². The van der Waals surface area contributed by atoms with Crippen molar-refractivity contribution in [2.75, 3.05) is 21.3 Å². The van der Waals surface area contributed by atoms with Crippen molar-refractivity contribution in [3.8, 4) is 17.2 Å². The quantitative estimate of drug-likeness (QED) is 0.242.